The molecule has 0 aliphatic carbocycles. The number of carbonyl (C=O) groups is 2. The number of ether oxygens (including phenoxy) is 1. The Kier molecular flexibility index (Phi) is 6.10. The second-order valence-corrected chi connectivity index (χ2v) is 6.58. The highest BCUT2D eigenvalue weighted by atomic mass is 35.5. The summed E-state index contributed by atoms with van der Waals surface area (Å²) in [5, 5.41) is 11.6. The van der Waals surface area contributed by atoms with E-state index in [2.05, 4.69) is 15.5 Å². The number of amides is 1. The maximum Gasteiger partial charge on any atom is 0.343 e. The summed E-state index contributed by atoms with van der Waals surface area (Å²) in [6.07, 6.45) is 4.54. The molecule has 0 aliphatic rings. The smallest absolute Gasteiger partial charge is 0.343 e. The number of nitrogens with one attached hydrogen (secondary N) is 1. The molecule has 8 nitrogen and oxygen atoms in total. The largest absolute Gasteiger partial charge is 0.462 e. The molecule has 3 aromatic rings. The maximum atomic E-state index is 12.8. The van der Waals surface area contributed by atoms with Crippen molar-refractivity contribution in [2.24, 2.45) is 5.92 Å². The first-order valence-electron chi connectivity index (χ1n) is 8.79. The van der Waals surface area contributed by atoms with E-state index in [0.717, 1.165) is 0 Å². The molecule has 2 heterocycles. The molecule has 0 saturated heterocycles. The Labute approximate surface area is 167 Å². The third kappa shape index (κ3) is 4.40. The summed E-state index contributed by atoms with van der Waals surface area (Å²) >= 11 is 5.87. The van der Waals surface area contributed by atoms with E-state index >= 15 is 0 Å². The number of hydrogen-bond donors (Lipinski definition) is 1. The first-order valence-corrected chi connectivity index (χ1v) is 9.16. The molecule has 28 heavy (non-hydrogen) atoms. The first kappa shape index (κ1) is 19.6. The number of nitrogens with zero attached hydrogens (tertiary/aromatic N) is 4. The summed E-state index contributed by atoms with van der Waals surface area (Å²) in [5.41, 5.74) is 0.897. The van der Waals surface area contributed by atoms with Crippen LogP contribution in [0.2, 0.25) is 5.02 Å². The van der Waals surface area contributed by atoms with E-state index < -0.39 is 11.9 Å². The third-order valence-corrected chi connectivity index (χ3v) is 4.21. The highest BCUT2D eigenvalue weighted by molar-refractivity contribution is 6.30. The number of aromatic nitrogens is 4. The van der Waals surface area contributed by atoms with Crippen LogP contribution in [0.3, 0.4) is 0 Å². The first-order chi connectivity index (χ1) is 13.5. The van der Waals surface area contributed by atoms with Gasteiger partial charge in [-0.25, -0.2) is 9.48 Å². The van der Waals surface area contributed by atoms with Gasteiger partial charge in [0.1, 0.15) is 5.56 Å². The van der Waals surface area contributed by atoms with Crippen LogP contribution < -0.4 is 5.32 Å². The van der Waals surface area contributed by atoms with Crippen molar-refractivity contribution in [2.75, 3.05) is 11.9 Å². The number of hydrogen-bond acceptors (Lipinski definition) is 5. The van der Waals surface area contributed by atoms with Gasteiger partial charge < -0.3 is 10.1 Å². The molecular weight excluding hydrogens is 382 g/mol. The van der Waals surface area contributed by atoms with E-state index in [1.54, 1.807) is 24.7 Å². The SMILES string of the molecule is CCOC(=O)c1cnn(-c2ccccc2)c1NC(=O)C(C)Cn1cc(Cl)cn1. The minimum Gasteiger partial charge on any atom is -0.462 e. The molecule has 0 saturated carbocycles. The molecule has 1 amide bonds. The minimum absolute atomic E-state index is 0.188. The maximum absolute atomic E-state index is 12.8. The molecule has 1 aromatic carbocycles. The van der Waals surface area contributed by atoms with Crippen molar-refractivity contribution >= 4 is 29.3 Å². The summed E-state index contributed by atoms with van der Waals surface area (Å²) in [6, 6.07) is 9.21. The predicted octanol–water partition coefficient (Wildman–Crippen LogP) is 3.17. The van der Waals surface area contributed by atoms with Gasteiger partial charge in [-0.1, -0.05) is 36.7 Å². The molecule has 146 valence electrons. The Balaban J connectivity index is 1.86. The van der Waals surface area contributed by atoms with E-state index in [1.165, 1.54) is 17.1 Å². The summed E-state index contributed by atoms with van der Waals surface area (Å²) in [6.45, 7) is 4.04. The average molecular weight is 402 g/mol. The standard InChI is InChI=1S/C19H20ClN5O3/c1-3-28-19(27)16-10-22-25(15-7-5-4-6-8-15)17(16)23-18(26)13(2)11-24-12-14(20)9-21-24/h4-10,12-13H,3,11H2,1-2H3,(H,23,26). The molecule has 0 radical (unpaired) electrons. The second-order valence-electron chi connectivity index (χ2n) is 6.15. The molecule has 0 fully saturated rings. The van der Waals surface area contributed by atoms with Crippen molar-refractivity contribution in [2.45, 2.75) is 20.4 Å². The van der Waals surface area contributed by atoms with Crippen LogP contribution in [0.5, 0.6) is 0 Å². The molecule has 2 aromatic heterocycles. The van der Waals surface area contributed by atoms with Gasteiger partial charge in [0.25, 0.3) is 0 Å². The van der Waals surface area contributed by atoms with E-state index in [4.69, 9.17) is 16.3 Å². The summed E-state index contributed by atoms with van der Waals surface area (Å²) in [5.74, 6) is -0.994. The van der Waals surface area contributed by atoms with Gasteiger partial charge in [-0.3, -0.25) is 9.48 Å². The zero-order valence-electron chi connectivity index (χ0n) is 15.5. The van der Waals surface area contributed by atoms with Crippen molar-refractivity contribution in [3.8, 4) is 5.69 Å². The molecule has 3 rings (SSSR count). The van der Waals surface area contributed by atoms with Crippen molar-refractivity contribution < 1.29 is 14.3 Å². The van der Waals surface area contributed by atoms with E-state index in [1.807, 2.05) is 30.3 Å². The third-order valence-electron chi connectivity index (χ3n) is 4.02. The average Bonchev–Trinajstić information content (AvgIpc) is 3.28. The monoisotopic (exact) mass is 401 g/mol. The van der Waals surface area contributed by atoms with Gasteiger partial charge in [0.05, 0.1) is 42.2 Å². The lowest BCUT2D eigenvalue weighted by molar-refractivity contribution is -0.119. The number of anilines is 1. The summed E-state index contributed by atoms with van der Waals surface area (Å²) < 4.78 is 8.18. The summed E-state index contributed by atoms with van der Waals surface area (Å²) in [4.78, 5) is 25.1. The molecule has 9 heteroatoms. The van der Waals surface area contributed by atoms with Gasteiger partial charge in [0.2, 0.25) is 5.91 Å². The normalized spacial score (nSPS) is 11.8. The quantitative estimate of drug-likeness (QED) is 0.614. The molecular formula is C19H20ClN5O3. The van der Waals surface area contributed by atoms with Gasteiger partial charge in [-0.05, 0) is 19.1 Å². The number of para-hydroxylation sites is 1. The van der Waals surface area contributed by atoms with Crippen molar-refractivity contribution in [1.29, 1.82) is 0 Å². The molecule has 0 bridgehead atoms. The fraction of sp³-hybridized carbons (Fsp3) is 0.263. The molecule has 0 aliphatic heterocycles. The Bertz CT molecular complexity index is 967. The van der Waals surface area contributed by atoms with E-state index in [9.17, 15) is 9.59 Å². The topological polar surface area (TPSA) is 91.0 Å². The number of halogens is 1. The molecule has 1 atom stereocenters. The Morgan fingerprint density at radius 3 is 2.61 bits per heavy atom. The van der Waals surface area contributed by atoms with Crippen LogP contribution in [0.1, 0.15) is 24.2 Å². The van der Waals surface area contributed by atoms with Gasteiger partial charge in [-0.2, -0.15) is 10.2 Å². The highest BCUT2D eigenvalue weighted by Crippen LogP contribution is 2.22. The molecule has 0 spiro atoms. The van der Waals surface area contributed by atoms with Crippen LogP contribution in [0.4, 0.5) is 5.82 Å². The summed E-state index contributed by atoms with van der Waals surface area (Å²) in [7, 11) is 0. The Morgan fingerprint density at radius 2 is 1.96 bits per heavy atom. The highest BCUT2D eigenvalue weighted by Gasteiger charge is 2.23. The van der Waals surface area contributed by atoms with Crippen LogP contribution in [-0.4, -0.2) is 38.0 Å². The second kappa shape index (κ2) is 8.71. The van der Waals surface area contributed by atoms with Crippen molar-refractivity contribution in [3.05, 3.63) is 59.5 Å². The van der Waals surface area contributed by atoms with Crippen LogP contribution in [-0.2, 0) is 16.1 Å². The van der Waals surface area contributed by atoms with Crippen LogP contribution >= 0.6 is 11.6 Å². The predicted molar refractivity (Wildman–Crippen MR) is 105 cm³/mol. The van der Waals surface area contributed by atoms with E-state index in [-0.39, 0.29) is 23.9 Å². The van der Waals surface area contributed by atoms with Crippen molar-refractivity contribution in [1.82, 2.24) is 19.6 Å². The zero-order chi connectivity index (χ0) is 20.1. The molecule has 1 N–H and O–H groups in total. The van der Waals surface area contributed by atoms with Gasteiger partial charge >= 0.3 is 5.97 Å². The lowest BCUT2D eigenvalue weighted by Crippen LogP contribution is -2.26. The fourth-order valence-electron chi connectivity index (χ4n) is 2.63. The van der Waals surface area contributed by atoms with Crippen molar-refractivity contribution in [3.63, 3.8) is 0 Å². The lowest BCUT2D eigenvalue weighted by atomic mass is 10.1. The van der Waals surface area contributed by atoms with Gasteiger partial charge in [0, 0.05) is 6.20 Å². The lowest BCUT2D eigenvalue weighted by Gasteiger charge is -2.15. The number of esters is 1. The molecule has 1 unspecified atom stereocenters. The number of carbonyl (C=O) groups excluding carboxylic acids is 2. The van der Waals surface area contributed by atoms with E-state index in [0.29, 0.717) is 17.3 Å². The fourth-order valence-corrected chi connectivity index (χ4v) is 2.79. The number of rotatable bonds is 7. The minimum atomic E-state index is -0.550. The van der Waals surface area contributed by atoms with Crippen LogP contribution in [0.25, 0.3) is 5.69 Å². The van der Waals surface area contributed by atoms with Gasteiger partial charge in [0.15, 0.2) is 5.82 Å². The van der Waals surface area contributed by atoms with Gasteiger partial charge in [-0.15, -0.1) is 0 Å². The van der Waals surface area contributed by atoms with Crippen LogP contribution in [0.15, 0.2) is 48.9 Å². The zero-order valence-corrected chi connectivity index (χ0v) is 16.3. The van der Waals surface area contributed by atoms with Crippen LogP contribution in [0, 0.1) is 5.92 Å². The Morgan fingerprint density at radius 1 is 1.21 bits per heavy atom. The Hall–Kier alpha value is -3.13. The number of benzene rings is 1.